The highest BCUT2D eigenvalue weighted by Crippen LogP contribution is 2.21. The van der Waals surface area contributed by atoms with E-state index in [0.29, 0.717) is 36.3 Å². The van der Waals surface area contributed by atoms with Gasteiger partial charge in [0.2, 0.25) is 16.9 Å². The van der Waals surface area contributed by atoms with Crippen molar-refractivity contribution in [2.45, 2.75) is 66.2 Å². The number of anilines is 2. The molecule has 0 fully saturated rings. The molecule has 2 aromatic rings. The fourth-order valence-electron chi connectivity index (χ4n) is 3.33. The Kier molecular flexibility index (Phi) is 11.9. The van der Waals surface area contributed by atoms with Crippen LogP contribution in [0.4, 0.5) is 10.9 Å². The topological polar surface area (TPSA) is 122 Å². The van der Waals surface area contributed by atoms with Crippen molar-refractivity contribution in [3.8, 4) is 0 Å². The summed E-state index contributed by atoms with van der Waals surface area (Å²) in [5.74, 6) is 0.702. The van der Waals surface area contributed by atoms with Gasteiger partial charge < -0.3 is 16.0 Å². The monoisotopic (exact) mass is 511 g/mol. The number of aryl methyl sites for hydroxylation is 2. The van der Waals surface area contributed by atoms with Gasteiger partial charge in [-0.15, -0.1) is 15.3 Å². The molecule has 0 aliphatic heterocycles. The second-order valence-corrected chi connectivity index (χ2v) is 10.3. The van der Waals surface area contributed by atoms with Gasteiger partial charge in [0, 0.05) is 38.4 Å². The summed E-state index contributed by atoms with van der Waals surface area (Å²) in [5.41, 5.74) is 3.62. The lowest BCUT2D eigenvalue weighted by molar-refractivity contribution is -0.121. The SMILES string of the molecule is C=C(/C=C(\C)CNC(=O)CC(C)C)CC(=C)Nc1nnc(CCCCc2ccc(NC(C)=O)nn2)s1. The molecule has 0 spiro atoms. The number of carbonyl (C=O) groups is 2. The number of carbonyl (C=O) groups excluding carboxylic acids is 2. The fourth-order valence-corrected chi connectivity index (χ4v) is 4.16. The second-order valence-electron chi connectivity index (χ2n) is 9.23. The van der Waals surface area contributed by atoms with Gasteiger partial charge in [-0.05, 0) is 49.8 Å². The molecule has 10 heteroatoms. The molecule has 2 rings (SSSR count). The molecule has 2 heterocycles. The van der Waals surface area contributed by atoms with Crippen LogP contribution in [0.3, 0.4) is 0 Å². The van der Waals surface area contributed by atoms with Crippen molar-refractivity contribution in [2.24, 2.45) is 5.92 Å². The van der Waals surface area contributed by atoms with Gasteiger partial charge in [0.15, 0.2) is 5.82 Å². The zero-order valence-corrected chi connectivity index (χ0v) is 22.5. The average Bonchev–Trinajstić information content (AvgIpc) is 3.22. The van der Waals surface area contributed by atoms with E-state index in [1.54, 1.807) is 6.07 Å². The third-order valence-electron chi connectivity index (χ3n) is 4.90. The molecular formula is C26H37N7O2S. The molecular weight excluding hydrogens is 474 g/mol. The lowest BCUT2D eigenvalue weighted by Crippen LogP contribution is -2.26. The Balaban J connectivity index is 1.68. The zero-order valence-electron chi connectivity index (χ0n) is 21.7. The van der Waals surface area contributed by atoms with Crippen molar-refractivity contribution >= 4 is 34.1 Å². The molecule has 0 bridgehead atoms. The van der Waals surface area contributed by atoms with E-state index in [1.807, 2.05) is 32.9 Å². The van der Waals surface area contributed by atoms with Gasteiger partial charge in [0.25, 0.3) is 0 Å². The highest BCUT2D eigenvalue weighted by Gasteiger charge is 2.08. The molecule has 0 atom stereocenters. The normalized spacial score (nSPS) is 11.3. The van der Waals surface area contributed by atoms with E-state index < -0.39 is 0 Å². The summed E-state index contributed by atoms with van der Waals surface area (Å²) in [6, 6.07) is 3.64. The summed E-state index contributed by atoms with van der Waals surface area (Å²) >= 11 is 1.52. The van der Waals surface area contributed by atoms with Crippen LogP contribution >= 0.6 is 11.3 Å². The molecule has 9 nitrogen and oxygen atoms in total. The van der Waals surface area contributed by atoms with E-state index >= 15 is 0 Å². The Hall–Kier alpha value is -3.40. The Morgan fingerprint density at radius 1 is 1.03 bits per heavy atom. The third-order valence-corrected chi connectivity index (χ3v) is 5.80. The molecule has 0 aromatic carbocycles. The number of unbranched alkanes of at least 4 members (excludes halogenated alkanes) is 1. The van der Waals surface area contributed by atoms with Crippen molar-refractivity contribution in [3.63, 3.8) is 0 Å². The molecule has 3 N–H and O–H groups in total. The van der Waals surface area contributed by atoms with Gasteiger partial charge in [-0.2, -0.15) is 5.10 Å². The van der Waals surface area contributed by atoms with Crippen molar-refractivity contribution in [2.75, 3.05) is 17.2 Å². The molecule has 0 aliphatic carbocycles. The maximum atomic E-state index is 11.8. The highest BCUT2D eigenvalue weighted by atomic mass is 32.1. The first kappa shape index (κ1) is 28.8. The van der Waals surface area contributed by atoms with Crippen LogP contribution in [0.5, 0.6) is 0 Å². The van der Waals surface area contributed by atoms with Crippen LogP contribution in [-0.4, -0.2) is 38.8 Å². The van der Waals surface area contributed by atoms with Crippen molar-refractivity contribution < 1.29 is 9.59 Å². The molecule has 0 unspecified atom stereocenters. The first-order chi connectivity index (χ1) is 17.1. The first-order valence-corrected chi connectivity index (χ1v) is 12.9. The zero-order chi connectivity index (χ0) is 26.5. The number of nitrogens with zero attached hydrogens (tertiary/aromatic N) is 4. The quantitative estimate of drug-likeness (QED) is 0.231. The Labute approximate surface area is 217 Å². The summed E-state index contributed by atoms with van der Waals surface area (Å²) < 4.78 is 0. The second kappa shape index (κ2) is 14.9. The molecule has 0 aliphatic rings. The van der Waals surface area contributed by atoms with E-state index in [2.05, 4.69) is 49.5 Å². The van der Waals surface area contributed by atoms with E-state index in [0.717, 1.165) is 53.2 Å². The largest absolute Gasteiger partial charge is 0.352 e. The first-order valence-electron chi connectivity index (χ1n) is 12.1. The number of allylic oxidation sites excluding steroid dienone is 2. The molecule has 2 amide bonds. The van der Waals surface area contributed by atoms with Gasteiger partial charge in [0.05, 0.1) is 5.69 Å². The number of nitrogens with one attached hydrogen (secondary N) is 3. The van der Waals surface area contributed by atoms with Gasteiger partial charge in [0.1, 0.15) is 5.01 Å². The van der Waals surface area contributed by atoms with Crippen LogP contribution in [0.25, 0.3) is 0 Å². The predicted octanol–water partition coefficient (Wildman–Crippen LogP) is 4.83. The van der Waals surface area contributed by atoms with E-state index in [9.17, 15) is 9.59 Å². The van der Waals surface area contributed by atoms with Crippen molar-refractivity contribution in [1.29, 1.82) is 0 Å². The minimum atomic E-state index is -0.164. The minimum absolute atomic E-state index is 0.0625. The summed E-state index contributed by atoms with van der Waals surface area (Å²) in [5, 5.41) is 27.1. The molecule has 0 radical (unpaired) electrons. The Morgan fingerprint density at radius 3 is 2.44 bits per heavy atom. The molecule has 0 saturated carbocycles. The van der Waals surface area contributed by atoms with Crippen LogP contribution in [-0.2, 0) is 22.4 Å². The lowest BCUT2D eigenvalue weighted by Gasteiger charge is -2.09. The lowest BCUT2D eigenvalue weighted by atomic mass is 10.1. The van der Waals surface area contributed by atoms with E-state index in [-0.39, 0.29) is 11.8 Å². The number of amides is 2. The van der Waals surface area contributed by atoms with Crippen molar-refractivity contribution in [3.05, 3.63) is 58.9 Å². The molecule has 0 saturated heterocycles. The average molecular weight is 512 g/mol. The summed E-state index contributed by atoms with van der Waals surface area (Å²) in [4.78, 5) is 22.8. The molecule has 194 valence electrons. The van der Waals surface area contributed by atoms with Gasteiger partial charge in [-0.1, -0.05) is 50.0 Å². The van der Waals surface area contributed by atoms with Gasteiger partial charge in [-0.3, -0.25) is 9.59 Å². The smallest absolute Gasteiger partial charge is 0.222 e. The maximum absolute atomic E-state index is 11.8. The standard InChI is InChI=1S/C26H37N7O2S/c1-17(2)13-24(35)27-16-19(4)14-18(3)15-20(5)28-26-33-32-25(36-26)10-8-7-9-22-11-12-23(31-30-22)29-21(6)34/h11-12,14,17H,3,5,7-10,13,15-16H2,1-2,4,6H3,(H,27,35)(H,28,33)(H,29,31,34)/b19-14+. The van der Waals surface area contributed by atoms with Crippen LogP contribution in [0.15, 0.2) is 48.2 Å². The summed E-state index contributed by atoms with van der Waals surface area (Å²) in [7, 11) is 0. The minimum Gasteiger partial charge on any atom is -0.352 e. The summed E-state index contributed by atoms with van der Waals surface area (Å²) in [6.45, 7) is 16.2. The Morgan fingerprint density at radius 2 is 1.78 bits per heavy atom. The van der Waals surface area contributed by atoms with Crippen molar-refractivity contribution in [1.82, 2.24) is 25.7 Å². The van der Waals surface area contributed by atoms with E-state index in [4.69, 9.17) is 0 Å². The summed E-state index contributed by atoms with van der Waals surface area (Å²) in [6.07, 6.45) is 6.64. The fraction of sp³-hybridized carbons (Fsp3) is 0.462. The third kappa shape index (κ3) is 11.8. The number of hydrogen-bond acceptors (Lipinski definition) is 8. The van der Waals surface area contributed by atoms with Crippen LogP contribution in [0.2, 0.25) is 0 Å². The predicted molar refractivity (Wildman–Crippen MR) is 146 cm³/mol. The molecule has 2 aromatic heterocycles. The maximum Gasteiger partial charge on any atom is 0.222 e. The van der Waals surface area contributed by atoms with Crippen LogP contribution in [0.1, 0.15) is 64.1 Å². The van der Waals surface area contributed by atoms with Gasteiger partial charge >= 0.3 is 0 Å². The Bertz CT molecular complexity index is 1070. The van der Waals surface area contributed by atoms with Gasteiger partial charge in [-0.25, -0.2) is 0 Å². The van der Waals surface area contributed by atoms with E-state index in [1.165, 1.54) is 18.3 Å². The van der Waals surface area contributed by atoms with Crippen LogP contribution < -0.4 is 16.0 Å². The highest BCUT2D eigenvalue weighted by molar-refractivity contribution is 7.15. The number of hydrogen-bond donors (Lipinski definition) is 3. The van der Waals surface area contributed by atoms with Crippen LogP contribution in [0, 0.1) is 5.92 Å². The number of rotatable bonds is 15. The number of aromatic nitrogens is 4. The molecule has 36 heavy (non-hydrogen) atoms.